The molecule has 0 spiro atoms. The first-order valence-electron chi connectivity index (χ1n) is 8.64. The fourth-order valence-electron chi connectivity index (χ4n) is 2.11. The lowest BCUT2D eigenvalue weighted by Crippen LogP contribution is -2.27. The summed E-state index contributed by atoms with van der Waals surface area (Å²) in [6, 6.07) is 0. The van der Waals surface area contributed by atoms with Gasteiger partial charge in [0.15, 0.2) is 0 Å². The van der Waals surface area contributed by atoms with E-state index in [9.17, 15) is 9.36 Å². The van der Waals surface area contributed by atoms with Gasteiger partial charge in [0, 0.05) is 20.8 Å². The van der Waals surface area contributed by atoms with E-state index in [0.717, 1.165) is 25.7 Å². The van der Waals surface area contributed by atoms with E-state index in [1.165, 1.54) is 30.9 Å². The number of hydrogen-bond donors (Lipinski definition) is 1. The van der Waals surface area contributed by atoms with Gasteiger partial charge in [-0.05, 0) is 53.4 Å². The molecule has 5 nitrogen and oxygen atoms in total. The van der Waals surface area contributed by atoms with Gasteiger partial charge in [-0.25, -0.2) is 0 Å². The Kier molecular flexibility index (Phi) is 12.5. The molecule has 0 aromatic rings. The van der Waals surface area contributed by atoms with Crippen molar-refractivity contribution in [3.8, 4) is 0 Å². The molecule has 0 atom stereocenters. The van der Waals surface area contributed by atoms with E-state index >= 15 is 0 Å². The van der Waals surface area contributed by atoms with Crippen molar-refractivity contribution in [1.29, 1.82) is 0 Å². The summed E-state index contributed by atoms with van der Waals surface area (Å²) in [4.78, 5) is 11.7. The summed E-state index contributed by atoms with van der Waals surface area (Å²) >= 11 is 0. The number of hydrogen-bond acceptors (Lipinski definition) is 4. The third-order valence-electron chi connectivity index (χ3n) is 3.77. The van der Waals surface area contributed by atoms with E-state index in [1.807, 2.05) is 13.0 Å². The molecule has 0 fully saturated rings. The Morgan fingerprint density at radius 3 is 1.96 bits per heavy atom. The number of allylic oxidation sites excluding steroid dienone is 5. The van der Waals surface area contributed by atoms with Crippen molar-refractivity contribution in [2.45, 2.75) is 53.4 Å². The van der Waals surface area contributed by atoms with Gasteiger partial charge in [0.25, 0.3) is 0 Å². The van der Waals surface area contributed by atoms with E-state index in [4.69, 9.17) is 9.05 Å². The van der Waals surface area contributed by atoms with Crippen LogP contribution in [0.4, 0.5) is 0 Å². The van der Waals surface area contributed by atoms with E-state index in [2.05, 4.69) is 38.2 Å². The average Bonchev–Trinajstić information content (AvgIpc) is 2.54. The number of amides is 1. The van der Waals surface area contributed by atoms with E-state index in [1.54, 1.807) is 0 Å². The highest BCUT2D eigenvalue weighted by atomic mass is 31.2. The molecule has 144 valence electrons. The van der Waals surface area contributed by atoms with Crippen LogP contribution in [0.3, 0.4) is 0 Å². The topological polar surface area (TPSA) is 64.6 Å². The van der Waals surface area contributed by atoms with Gasteiger partial charge in [0.05, 0.1) is 0 Å². The quantitative estimate of drug-likeness (QED) is 0.387. The summed E-state index contributed by atoms with van der Waals surface area (Å²) in [7, 11) is -0.741. The third-order valence-corrected chi connectivity index (χ3v) is 5.55. The van der Waals surface area contributed by atoms with E-state index in [0.29, 0.717) is 6.54 Å². The fourth-order valence-corrected chi connectivity index (χ4v) is 2.98. The molecule has 25 heavy (non-hydrogen) atoms. The molecular formula is C19H34NO4P. The van der Waals surface area contributed by atoms with Gasteiger partial charge in [-0.1, -0.05) is 34.9 Å². The van der Waals surface area contributed by atoms with Crippen molar-refractivity contribution in [3.63, 3.8) is 0 Å². The van der Waals surface area contributed by atoms with Gasteiger partial charge in [0.2, 0.25) is 5.91 Å². The Morgan fingerprint density at radius 2 is 1.44 bits per heavy atom. The average molecular weight is 371 g/mol. The summed E-state index contributed by atoms with van der Waals surface area (Å²) in [5.74, 6) is -0.342. The van der Waals surface area contributed by atoms with Crippen LogP contribution in [0.2, 0.25) is 0 Å². The van der Waals surface area contributed by atoms with Crippen LogP contribution >= 0.6 is 7.60 Å². The number of rotatable bonds is 12. The highest BCUT2D eigenvalue weighted by molar-refractivity contribution is 7.54. The molecule has 0 saturated heterocycles. The van der Waals surface area contributed by atoms with Crippen LogP contribution in [0.5, 0.6) is 0 Å². The molecule has 0 unspecified atom stereocenters. The zero-order chi connectivity index (χ0) is 19.3. The predicted molar refractivity (Wildman–Crippen MR) is 105 cm³/mol. The van der Waals surface area contributed by atoms with Crippen LogP contribution in [0, 0.1) is 0 Å². The second-order valence-electron chi connectivity index (χ2n) is 6.40. The Balaban J connectivity index is 4.11. The summed E-state index contributed by atoms with van der Waals surface area (Å²) in [6.07, 6.45) is 10.4. The van der Waals surface area contributed by atoms with Crippen LogP contribution in [0.1, 0.15) is 53.4 Å². The minimum absolute atomic E-state index is 0.263. The first-order chi connectivity index (χ1) is 11.7. The minimum Gasteiger partial charge on any atom is -0.352 e. The van der Waals surface area contributed by atoms with Gasteiger partial charge >= 0.3 is 7.60 Å². The SMILES string of the molecule is COP(=O)(CC(=O)NC/C=C(\C)CC/C=C(\C)CCC=C(C)C)OC. The Bertz CT molecular complexity index is 538. The molecule has 0 aliphatic heterocycles. The number of nitrogens with one attached hydrogen (secondary N) is 1. The van der Waals surface area contributed by atoms with E-state index in [-0.39, 0.29) is 12.1 Å². The van der Waals surface area contributed by atoms with Gasteiger partial charge < -0.3 is 14.4 Å². The maximum absolute atomic E-state index is 11.8. The Labute approximate surface area is 153 Å². The van der Waals surface area contributed by atoms with Crippen LogP contribution < -0.4 is 5.32 Å². The van der Waals surface area contributed by atoms with Crippen molar-refractivity contribution in [2.75, 3.05) is 26.9 Å². The summed E-state index contributed by atoms with van der Waals surface area (Å²) < 4.78 is 21.3. The Hall–Kier alpha value is -1.16. The Morgan fingerprint density at radius 1 is 0.920 bits per heavy atom. The third kappa shape index (κ3) is 12.8. The van der Waals surface area contributed by atoms with Crippen LogP contribution in [0.15, 0.2) is 34.9 Å². The smallest absolute Gasteiger partial charge is 0.339 e. The molecule has 0 aromatic carbocycles. The standard InChI is InChI=1S/C19H34NO4P/c1-16(2)9-7-10-17(3)11-8-12-18(4)13-14-20-19(21)15-25(22,23-5)24-6/h9,11,13H,7-8,10,12,14-15H2,1-6H3,(H,20,21)/b17-11+,18-13+. The second-order valence-corrected chi connectivity index (χ2v) is 8.67. The minimum atomic E-state index is -3.29. The molecule has 6 heteroatoms. The van der Waals surface area contributed by atoms with Crippen molar-refractivity contribution in [3.05, 3.63) is 34.9 Å². The lowest BCUT2D eigenvalue weighted by atomic mass is 10.1. The van der Waals surface area contributed by atoms with Crippen molar-refractivity contribution in [1.82, 2.24) is 5.32 Å². The van der Waals surface area contributed by atoms with Gasteiger partial charge in [-0.15, -0.1) is 0 Å². The molecule has 0 heterocycles. The lowest BCUT2D eigenvalue weighted by Gasteiger charge is -2.12. The van der Waals surface area contributed by atoms with E-state index < -0.39 is 7.60 Å². The number of carbonyl (C=O) groups excluding carboxylic acids is 1. The molecule has 0 aromatic heterocycles. The fraction of sp³-hybridized carbons (Fsp3) is 0.632. The normalized spacial score (nSPS) is 12.9. The van der Waals surface area contributed by atoms with Crippen molar-refractivity contribution in [2.24, 2.45) is 0 Å². The highest BCUT2D eigenvalue weighted by Crippen LogP contribution is 2.45. The highest BCUT2D eigenvalue weighted by Gasteiger charge is 2.24. The van der Waals surface area contributed by atoms with Crippen molar-refractivity contribution >= 4 is 13.5 Å². The molecule has 0 bridgehead atoms. The molecule has 0 rings (SSSR count). The first-order valence-corrected chi connectivity index (χ1v) is 10.4. The summed E-state index contributed by atoms with van der Waals surface area (Å²) in [5.41, 5.74) is 3.99. The second kappa shape index (κ2) is 13.1. The zero-order valence-electron chi connectivity index (χ0n) is 16.6. The predicted octanol–water partition coefficient (Wildman–Crippen LogP) is 5.01. The maximum Gasteiger partial charge on any atom is 0.339 e. The first kappa shape index (κ1) is 23.8. The molecule has 1 N–H and O–H groups in total. The molecule has 1 amide bonds. The van der Waals surface area contributed by atoms with Crippen LogP contribution in [-0.2, 0) is 18.4 Å². The van der Waals surface area contributed by atoms with Gasteiger partial charge in [0.1, 0.15) is 6.16 Å². The molecule has 0 saturated carbocycles. The molecule has 0 aliphatic rings. The number of carbonyl (C=O) groups is 1. The summed E-state index contributed by atoms with van der Waals surface area (Å²) in [6.45, 7) is 8.88. The monoisotopic (exact) mass is 371 g/mol. The molecule has 0 radical (unpaired) electrons. The maximum atomic E-state index is 11.8. The van der Waals surface area contributed by atoms with Crippen molar-refractivity contribution < 1.29 is 18.4 Å². The molecule has 0 aliphatic carbocycles. The van der Waals surface area contributed by atoms with Gasteiger partial charge in [-0.2, -0.15) is 0 Å². The lowest BCUT2D eigenvalue weighted by molar-refractivity contribution is -0.118. The largest absolute Gasteiger partial charge is 0.352 e. The van der Waals surface area contributed by atoms with Crippen LogP contribution in [-0.4, -0.2) is 32.8 Å². The zero-order valence-corrected chi connectivity index (χ0v) is 17.4. The molecular weight excluding hydrogens is 337 g/mol. The van der Waals surface area contributed by atoms with Gasteiger partial charge in [-0.3, -0.25) is 9.36 Å². The summed E-state index contributed by atoms with van der Waals surface area (Å²) in [5, 5.41) is 2.71. The van der Waals surface area contributed by atoms with Crippen LogP contribution in [0.25, 0.3) is 0 Å².